The molecule has 2 aromatic rings. The molecule has 1 heterocycles. The molecule has 2 amide bonds. The van der Waals surface area contributed by atoms with Crippen molar-refractivity contribution in [3.63, 3.8) is 0 Å². The monoisotopic (exact) mass is 509 g/mol. The van der Waals surface area contributed by atoms with Crippen LogP contribution in [0.2, 0.25) is 0 Å². The molecule has 10 heteroatoms. The van der Waals surface area contributed by atoms with E-state index in [-0.39, 0.29) is 34.8 Å². The second kappa shape index (κ2) is 9.32. The molecule has 0 aliphatic carbocycles. The van der Waals surface area contributed by atoms with Gasteiger partial charge in [0.25, 0.3) is 10.0 Å². The van der Waals surface area contributed by atoms with Crippen molar-refractivity contribution in [2.24, 2.45) is 4.40 Å². The number of hydrogen-bond donors (Lipinski definition) is 1. The molecule has 7 nitrogen and oxygen atoms in total. The molecule has 158 valence electrons. The molecule has 1 aliphatic rings. The fraction of sp³-hybridized carbons (Fsp3) is 0.250. The summed E-state index contributed by atoms with van der Waals surface area (Å²) in [5.74, 6) is -0.649. The molecule has 0 bridgehead atoms. The van der Waals surface area contributed by atoms with Crippen LogP contribution in [-0.2, 0) is 19.6 Å². The lowest BCUT2D eigenvalue weighted by molar-refractivity contribution is -0.128. The second-order valence-electron chi connectivity index (χ2n) is 6.61. The van der Waals surface area contributed by atoms with Crippen LogP contribution in [0.4, 0.5) is 5.69 Å². The Kier molecular flexibility index (Phi) is 6.99. The zero-order chi connectivity index (χ0) is 21.9. The normalized spacial score (nSPS) is 18.1. The minimum Gasteiger partial charge on any atom is -0.326 e. The van der Waals surface area contributed by atoms with Gasteiger partial charge in [0.15, 0.2) is 5.17 Å². The SMILES string of the molecule is CCN1C(=O)[C@@H](CC(=O)Nc2ccc(C)cc2)SC1=NS(=O)(=O)c1ccc(Br)cc1. The number of nitrogens with one attached hydrogen (secondary N) is 1. The van der Waals surface area contributed by atoms with Gasteiger partial charge in [0, 0.05) is 23.1 Å². The Hall–Kier alpha value is -2.17. The highest BCUT2D eigenvalue weighted by molar-refractivity contribution is 9.10. The van der Waals surface area contributed by atoms with Gasteiger partial charge in [-0.25, -0.2) is 0 Å². The van der Waals surface area contributed by atoms with E-state index in [2.05, 4.69) is 25.6 Å². The van der Waals surface area contributed by atoms with Crippen molar-refractivity contribution in [3.8, 4) is 0 Å². The number of anilines is 1. The largest absolute Gasteiger partial charge is 0.326 e. The molecular formula is C20H20BrN3O4S2. The maximum atomic E-state index is 12.7. The summed E-state index contributed by atoms with van der Waals surface area (Å²) in [5.41, 5.74) is 1.71. The first-order valence-corrected chi connectivity index (χ1v) is 12.3. The van der Waals surface area contributed by atoms with Crippen LogP contribution < -0.4 is 5.32 Å². The third-order valence-corrected chi connectivity index (χ3v) is 7.45. The number of rotatable bonds is 6. The summed E-state index contributed by atoms with van der Waals surface area (Å²) >= 11 is 4.26. The van der Waals surface area contributed by atoms with Gasteiger partial charge in [-0.3, -0.25) is 14.5 Å². The van der Waals surface area contributed by atoms with Gasteiger partial charge in [0.05, 0.1) is 4.90 Å². The smallest absolute Gasteiger partial charge is 0.284 e. The van der Waals surface area contributed by atoms with Crippen LogP contribution >= 0.6 is 27.7 Å². The number of carbonyl (C=O) groups is 2. The zero-order valence-electron chi connectivity index (χ0n) is 16.3. The Morgan fingerprint density at radius 3 is 2.40 bits per heavy atom. The van der Waals surface area contributed by atoms with Gasteiger partial charge in [-0.05, 0) is 50.2 Å². The standard InChI is InChI=1S/C20H20BrN3O4S2/c1-3-24-19(26)17(12-18(25)22-15-8-4-13(2)5-9-15)29-20(24)23-30(27,28)16-10-6-14(21)7-11-16/h4-11,17H,3,12H2,1-2H3,(H,22,25)/t17-/m1/s1. The van der Waals surface area contributed by atoms with Crippen molar-refractivity contribution in [2.45, 2.75) is 30.4 Å². The Bertz CT molecular complexity index is 1080. The molecule has 1 saturated heterocycles. The molecule has 1 aliphatic heterocycles. The zero-order valence-corrected chi connectivity index (χ0v) is 19.6. The number of carbonyl (C=O) groups excluding carboxylic acids is 2. The van der Waals surface area contributed by atoms with Crippen molar-refractivity contribution >= 4 is 60.4 Å². The number of benzene rings is 2. The lowest BCUT2D eigenvalue weighted by Gasteiger charge is -2.13. The van der Waals surface area contributed by atoms with Crippen LogP contribution in [0.1, 0.15) is 18.9 Å². The Labute approximate surface area is 188 Å². The fourth-order valence-electron chi connectivity index (χ4n) is 2.78. The molecule has 3 rings (SSSR count). The van der Waals surface area contributed by atoms with Gasteiger partial charge in [-0.1, -0.05) is 45.4 Å². The van der Waals surface area contributed by atoms with Gasteiger partial charge in [-0.15, -0.1) is 4.40 Å². The summed E-state index contributed by atoms with van der Waals surface area (Å²) in [6, 6.07) is 13.4. The predicted molar refractivity (Wildman–Crippen MR) is 122 cm³/mol. The average Bonchev–Trinajstić information content (AvgIpc) is 2.97. The molecule has 1 N–H and O–H groups in total. The lowest BCUT2D eigenvalue weighted by Crippen LogP contribution is -2.33. The van der Waals surface area contributed by atoms with Crippen LogP contribution in [0, 0.1) is 6.92 Å². The van der Waals surface area contributed by atoms with E-state index in [0.29, 0.717) is 5.69 Å². The molecular weight excluding hydrogens is 490 g/mol. The Balaban J connectivity index is 1.75. The topological polar surface area (TPSA) is 95.9 Å². The van der Waals surface area contributed by atoms with E-state index in [9.17, 15) is 18.0 Å². The lowest BCUT2D eigenvalue weighted by atomic mass is 10.2. The number of sulfonamides is 1. The molecule has 0 saturated carbocycles. The van der Waals surface area contributed by atoms with Crippen molar-refractivity contribution in [2.75, 3.05) is 11.9 Å². The molecule has 1 atom stereocenters. The first kappa shape index (κ1) is 22.5. The third kappa shape index (κ3) is 5.30. The van der Waals surface area contributed by atoms with Crippen molar-refractivity contribution in [1.29, 1.82) is 0 Å². The number of amides is 2. The highest BCUT2D eigenvalue weighted by Crippen LogP contribution is 2.31. The molecule has 30 heavy (non-hydrogen) atoms. The number of halogens is 1. The molecule has 1 fully saturated rings. The van der Waals surface area contributed by atoms with Crippen LogP contribution in [0.15, 0.2) is 62.3 Å². The number of nitrogens with zero attached hydrogens (tertiary/aromatic N) is 2. The molecule has 0 radical (unpaired) electrons. The maximum Gasteiger partial charge on any atom is 0.284 e. The second-order valence-corrected chi connectivity index (χ2v) is 10.3. The summed E-state index contributed by atoms with van der Waals surface area (Å²) in [6.45, 7) is 3.94. The predicted octanol–water partition coefficient (Wildman–Crippen LogP) is 3.79. The number of amidine groups is 1. The molecule has 0 unspecified atom stereocenters. The van der Waals surface area contributed by atoms with E-state index in [4.69, 9.17) is 0 Å². The van der Waals surface area contributed by atoms with Gasteiger partial charge < -0.3 is 5.32 Å². The van der Waals surface area contributed by atoms with Crippen LogP contribution in [0.25, 0.3) is 0 Å². The van der Waals surface area contributed by atoms with Crippen molar-refractivity contribution in [1.82, 2.24) is 4.90 Å². The van der Waals surface area contributed by atoms with Gasteiger partial charge >= 0.3 is 0 Å². The molecule has 0 aromatic heterocycles. The van der Waals surface area contributed by atoms with Gasteiger partial charge in [-0.2, -0.15) is 8.42 Å². The summed E-state index contributed by atoms with van der Waals surface area (Å²) in [5, 5.41) is 2.11. The summed E-state index contributed by atoms with van der Waals surface area (Å²) in [6.07, 6.45) is -0.0781. The van der Waals surface area contributed by atoms with E-state index in [0.717, 1.165) is 21.8 Å². The highest BCUT2D eigenvalue weighted by Gasteiger charge is 2.39. The van der Waals surface area contributed by atoms with Crippen LogP contribution in [-0.4, -0.2) is 42.1 Å². The first-order valence-electron chi connectivity index (χ1n) is 9.14. The van der Waals surface area contributed by atoms with Crippen molar-refractivity contribution in [3.05, 3.63) is 58.6 Å². The van der Waals surface area contributed by atoms with Crippen LogP contribution in [0.5, 0.6) is 0 Å². The summed E-state index contributed by atoms with van der Waals surface area (Å²) in [4.78, 5) is 26.4. The fourth-order valence-corrected chi connectivity index (χ4v) is 5.46. The maximum absolute atomic E-state index is 12.7. The van der Waals surface area contributed by atoms with E-state index in [1.165, 1.54) is 17.0 Å². The quantitative estimate of drug-likeness (QED) is 0.638. The Morgan fingerprint density at radius 1 is 1.17 bits per heavy atom. The number of hydrogen-bond acceptors (Lipinski definition) is 5. The van der Waals surface area contributed by atoms with E-state index < -0.39 is 15.3 Å². The van der Waals surface area contributed by atoms with E-state index in [1.54, 1.807) is 31.2 Å². The molecule has 0 spiro atoms. The van der Waals surface area contributed by atoms with E-state index in [1.807, 2.05) is 19.1 Å². The van der Waals surface area contributed by atoms with Gasteiger partial charge in [0.2, 0.25) is 11.8 Å². The number of thioether (sulfide) groups is 1. The Morgan fingerprint density at radius 2 is 1.80 bits per heavy atom. The third-order valence-electron chi connectivity index (χ3n) is 4.35. The van der Waals surface area contributed by atoms with E-state index >= 15 is 0 Å². The first-order chi connectivity index (χ1) is 14.2. The average molecular weight is 510 g/mol. The minimum absolute atomic E-state index is 0.0304. The van der Waals surface area contributed by atoms with Gasteiger partial charge in [0.1, 0.15) is 5.25 Å². The van der Waals surface area contributed by atoms with Crippen molar-refractivity contribution < 1.29 is 18.0 Å². The minimum atomic E-state index is -3.98. The molecule has 2 aromatic carbocycles. The summed E-state index contributed by atoms with van der Waals surface area (Å²) < 4.78 is 29.9. The highest BCUT2D eigenvalue weighted by atomic mass is 79.9. The van der Waals surface area contributed by atoms with Crippen LogP contribution in [0.3, 0.4) is 0 Å². The summed E-state index contributed by atoms with van der Waals surface area (Å²) in [7, 11) is -3.98. The number of aryl methyl sites for hydroxylation is 1.